The van der Waals surface area contributed by atoms with Gasteiger partial charge >= 0.3 is 5.97 Å². The van der Waals surface area contributed by atoms with Crippen LogP contribution in [0.15, 0.2) is 24.3 Å². The molecule has 1 heterocycles. The van der Waals surface area contributed by atoms with E-state index in [1.54, 1.807) is 7.11 Å². The van der Waals surface area contributed by atoms with E-state index in [0.717, 1.165) is 31.6 Å². The molecule has 3 rings (SSSR count). The molecule has 1 aliphatic carbocycles. The van der Waals surface area contributed by atoms with Crippen molar-refractivity contribution in [3.8, 4) is 5.75 Å². The third-order valence-electron chi connectivity index (χ3n) is 7.49. The molecule has 1 saturated heterocycles. The van der Waals surface area contributed by atoms with Crippen molar-refractivity contribution in [2.45, 2.75) is 109 Å². The highest BCUT2D eigenvalue weighted by molar-refractivity contribution is 5.75. The molecule has 0 spiro atoms. The van der Waals surface area contributed by atoms with Crippen LogP contribution in [0.5, 0.6) is 5.75 Å². The molecule has 1 aromatic rings. The van der Waals surface area contributed by atoms with Crippen LogP contribution >= 0.6 is 0 Å². The zero-order valence-corrected chi connectivity index (χ0v) is 20.6. The van der Waals surface area contributed by atoms with Gasteiger partial charge < -0.3 is 9.57 Å². The average Bonchev–Trinajstić information content (AvgIpc) is 2.71. The van der Waals surface area contributed by atoms with E-state index in [2.05, 4.69) is 51.8 Å². The number of carbonyl (C=O) groups excluding carboxylic acids is 1. The number of hydroxylamine groups is 2. The van der Waals surface area contributed by atoms with Crippen molar-refractivity contribution in [1.82, 2.24) is 5.06 Å². The Balaban J connectivity index is 1.56. The van der Waals surface area contributed by atoms with Crippen molar-refractivity contribution in [3.05, 3.63) is 29.8 Å². The Hall–Kier alpha value is -1.39. The van der Waals surface area contributed by atoms with Crippen LogP contribution in [0.3, 0.4) is 0 Å². The summed E-state index contributed by atoms with van der Waals surface area (Å²) in [6.07, 6.45) is 10.3. The quantitative estimate of drug-likeness (QED) is 0.349. The molecule has 1 aromatic carbocycles. The SMILES string of the molecule is CCCCC1CCC(C(=O)Oc2ccc(C3CC(C)(C)N(OC)C(C)(C)C3)cc2)CC1. The lowest BCUT2D eigenvalue weighted by Gasteiger charge is -2.53. The number of hydrogen-bond donors (Lipinski definition) is 0. The molecule has 174 valence electrons. The maximum atomic E-state index is 12.7. The van der Waals surface area contributed by atoms with E-state index < -0.39 is 0 Å². The van der Waals surface area contributed by atoms with E-state index >= 15 is 0 Å². The van der Waals surface area contributed by atoms with Crippen molar-refractivity contribution in [3.63, 3.8) is 0 Å². The molecule has 0 unspecified atom stereocenters. The standard InChI is InChI=1S/C27H43NO3/c1-7-8-9-20-10-12-22(13-11-20)25(29)31-24-16-14-21(15-17-24)23-18-26(2,3)28(30-6)27(4,5)19-23/h14-17,20,22-23H,7-13,18-19H2,1-6H3. The summed E-state index contributed by atoms with van der Waals surface area (Å²) in [5.41, 5.74) is 1.23. The Morgan fingerprint density at radius 2 is 1.58 bits per heavy atom. The Labute approximate surface area is 189 Å². The van der Waals surface area contributed by atoms with Crippen LogP contribution in [0.25, 0.3) is 0 Å². The van der Waals surface area contributed by atoms with Gasteiger partial charge in [-0.3, -0.25) is 4.79 Å². The van der Waals surface area contributed by atoms with Gasteiger partial charge in [-0.15, -0.1) is 0 Å². The van der Waals surface area contributed by atoms with Crippen molar-refractivity contribution >= 4 is 5.97 Å². The summed E-state index contributed by atoms with van der Waals surface area (Å²) in [6.45, 7) is 11.2. The molecule has 0 amide bonds. The average molecular weight is 430 g/mol. The van der Waals surface area contributed by atoms with E-state index in [4.69, 9.17) is 9.57 Å². The van der Waals surface area contributed by atoms with Crippen LogP contribution in [-0.4, -0.2) is 29.2 Å². The van der Waals surface area contributed by atoms with Gasteiger partial charge in [-0.2, -0.15) is 5.06 Å². The number of piperidine rings is 1. The summed E-state index contributed by atoms with van der Waals surface area (Å²) in [5, 5.41) is 2.14. The largest absolute Gasteiger partial charge is 0.426 e. The molecule has 0 atom stereocenters. The minimum absolute atomic E-state index is 0.0394. The predicted octanol–water partition coefficient (Wildman–Crippen LogP) is 6.89. The molecule has 0 N–H and O–H groups in total. The van der Waals surface area contributed by atoms with Crippen LogP contribution in [0.2, 0.25) is 0 Å². The fourth-order valence-corrected chi connectivity index (χ4v) is 6.18. The van der Waals surface area contributed by atoms with Crippen LogP contribution in [0.1, 0.15) is 104 Å². The zero-order valence-electron chi connectivity index (χ0n) is 20.6. The molecule has 4 nitrogen and oxygen atoms in total. The van der Waals surface area contributed by atoms with Crippen LogP contribution < -0.4 is 4.74 Å². The Kier molecular flexibility index (Phi) is 7.86. The summed E-state index contributed by atoms with van der Waals surface area (Å²) in [5.74, 6) is 1.96. The molecular weight excluding hydrogens is 386 g/mol. The van der Waals surface area contributed by atoms with Crippen molar-refractivity contribution in [2.24, 2.45) is 11.8 Å². The fraction of sp³-hybridized carbons (Fsp3) is 0.741. The highest BCUT2D eigenvalue weighted by Gasteiger charge is 2.46. The van der Waals surface area contributed by atoms with Gasteiger partial charge in [0.25, 0.3) is 0 Å². The number of ether oxygens (including phenoxy) is 1. The molecule has 1 aliphatic heterocycles. The lowest BCUT2D eigenvalue weighted by molar-refractivity contribution is -0.266. The van der Waals surface area contributed by atoms with E-state index in [-0.39, 0.29) is 23.0 Å². The van der Waals surface area contributed by atoms with Crippen molar-refractivity contribution < 1.29 is 14.4 Å². The van der Waals surface area contributed by atoms with E-state index in [9.17, 15) is 4.79 Å². The smallest absolute Gasteiger partial charge is 0.314 e. The second-order valence-electron chi connectivity index (χ2n) is 11.1. The second-order valence-corrected chi connectivity index (χ2v) is 11.1. The van der Waals surface area contributed by atoms with E-state index in [1.165, 1.54) is 37.7 Å². The van der Waals surface area contributed by atoms with E-state index in [0.29, 0.717) is 11.7 Å². The maximum absolute atomic E-state index is 12.7. The third-order valence-corrected chi connectivity index (χ3v) is 7.49. The summed E-state index contributed by atoms with van der Waals surface area (Å²) in [6, 6.07) is 8.23. The van der Waals surface area contributed by atoms with Crippen molar-refractivity contribution in [2.75, 3.05) is 7.11 Å². The molecule has 0 radical (unpaired) electrons. The first-order valence-corrected chi connectivity index (χ1v) is 12.3. The summed E-state index contributed by atoms with van der Waals surface area (Å²) in [4.78, 5) is 18.4. The van der Waals surface area contributed by atoms with Gasteiger partial charge in [-0.25, -0.2) is 0 Å². The summed E-state index contributed by atoms with van der Waals surface area (Å²) < 4.78 is 5.76. The number of rotatable bonds is 7. The topological polar surface area (TPSA) is 38.8 Å². The maximum Gasteiger partial charge on any atom is 0.314 e. The Bertz CT molecular complexity index is 699. The molecule has 2 fully saturated rings. The fourth-order valence-electron chi connectivity index (χ4n) is 6.18. The second kappa shape index (κ2) is 10.0. The van der Waals surface area contributed by atoms with Gasteiger partial charge in [0.15, 0.2) is 0 Å². The van der Waals surface area contributed by atoms with Crippen LogP contribution in [0.4, 0.5) is 0 Å². The van der Waals surface area contributed by atoms with E-state index in [1.807, 2.05) is 12.1 Å². The minimum Gasteiger partial charge on any atom is -0.426 e. The van der Waals surface area contributed by atoms with Gasteiger partial charge in [0.2, 0.25) is 0 Å². The highest BCUT2D eigenvalue weighted by atomic mass is 16.7. The number of benzene rings is 1. The van der Waals surface area contributed by atoms with Gasteiger partial charge in [-0.05, 0) is 95.8 Å². The summed E-state index contributed by atoms with van der Waals surface area (Å²) in [7, 11) is 1.77. The first-order valence-electron chi connectivity index (χ1n) is 12.3. The Morgan fingerprint density at radius 1 is 1.00 bits per heavy atom. The van der Waals surface area contributed by atoms with Gasteiger partial charge in [0.1, 0.15) is 5.75 Å². The zero-order chi connectivity index (χ0) is 22.6. The lowest BCUT2D eigenvalue weighted by Crippen LogP contribution is -2.59. The third kappa shape index (κ3) is 5.90. The van der Waals surface area contributed by atoms with Crippen LogP contribution in [0, 0.1) is 11.8 Å². The summed E-state index contributed by atoms with van der Waals surface area (Å²) >= 11 is 0. The normalized spacial score (nSPS) is 26.5. The predicted molar refractivity (Wildman–Crippen MR) is 126 cm³/mol. The van der Waals surface area contributed by atoms with Gasteiger partial charge in [0, 0.05) is 11.1 Å². The molecule has 1 saturated carbocycles. The Morgan fingerprint density at radius 3 is 2.10 bits per heavy atom. The number of nitrogens with zero attached hydrogens (tertiary/aromatic N) is 1. The molecule has 4 heteroatoms. The first kappa shape index (κ1) is 24.3. The molecule has 0 bridgehead atoms. The van der Waals surface area contributed by atoms with Crippen molar-refractivity contribution in [1.29, 1.82) is 0 Å². The molecule has 2 aliphatic rings. The lowest BCUT2D eigenvalue weighted by atomic mass is 9.73. The monoisotopic (exact) mass is 429 g/mol. The number of hydrogen-bond acceptors (Lipinski definition) is 4. The number of carbonyl (C=O) groups is 1. The number of esters is 1. The van der Waals surface area contributed by atoms with Gasteiger partial charge in [0.05, 0.1) is 13.0 Å². The molecule has 0 aromatic heterocycles. The van der Waals surface area contributed by atoms with Gasteiger partial charge in [-0.1, -0.05) is 38.3 Å². The highest BCUT2D eigenvalue weighted by Crippen LogP contribution is 2.45. The molecule has 31 heavy (non-hydrogen) atoms. The molecular formula is C27H43NO3. The number of unbranched alkanes of at least 4 members (excludes halogenated alkanes) is 1. The first-order chi connectivity index (χ1) is 14.7. The minimum atomic E-state index is -0.0441. The van der Waals surface area contributed by atoms with Crippen LogP contribution in [-0.2, 0) is 9.63 Å².